The maximum Gasteiger partial charge on any atom is 0.329 e. The molecule has 0 saturated carbocycles. The van der Waals surface area contributed by atoms with Gasteiger partial charge in [-0.25, -0.2) is 5.43 Å². The summed E-state index contributed by atoms with van der Waals surface area (Å²) in [4.78, 5) is 36.2. The van der Waals surface area contributed by atoms with Crippen LogP contribution in [0.1, 0.15) is 30.9 Å². The molecule has 3 rings (SSSR count). The third-order valence-corrected chi connectivity index (χ3v) is 5.88. The standard InChI is InChI=1S/C25H29IN4O6/c1-3-34-21-12-17(13-28-30-25(33)24(32)27-14-19-8-5-9-35-19)11-20(26)23(21)36-15-22(31)29-18-7-4-6-16(2)10-18/h4,6-7,10-13,19H,3,5,8-9,14-15H2,1-2H3,(H,27,32)(H,29,31)(H,30,33)/b28-13-/t19-/m1/s1. The Hall–Kier alpha value is -3.19. The van der Waals surface area contributed by atoms with Crippen LogP contribution in [0.5, 0.6) is 11.5 Å². The number of ether oxygens (including phenoxy) is 3. The predicted molar refractivity (Wildman–Crippen MR) is 143 cm³/mol. The number of amides is 3. The van der Waals surface area contributed by atoms with Crippen LogP contribution < -0.4 is 25.5 Å². The number of carbonyl (C=O) groups excluding carboxylic acids is 3. The smallest absolute Gasteiger partial charge is 0.329 e. The number of benzene rings is 2. The summed E-state index contributed by atoms with van der Waals surface area (Å²) in [6.45, 7) is 4.91. The normalized spacial score (nSPS) is 14.9. The van der Waals surface area contributed by atoms with Crippen LogP contribution in [0.3, 0.4) is 0 Å². The Morgan fingerprint density at radius 3 is 2.75 bits per heavy atom. The first-order chi connectivity index (χ1) is 17.4. The summed E-state index contributed by atoms with van der Waals surface area (Å²) in [6, 6.07) is 10.9. The minimum Gasteiger partial charge on any atom is -0.490 e. The number of aryl methyl sites for hydroxylation is 1. The van der Waals surface area contributed by atoms with Crippen molar-refractivity contribution in [1.82, 2.24) is 10.7 Å². The van der Waals surface area contributed by atoms with Gasteiger partial charge in [0, 0.05) is 18.8 Å². The third-order valence-electron chi connectivity index (χ3n) is 5.08. The second kappa shape index (κ2) is 13.8. The maximum atomic E-state index is 12.3. The molecule has 192 valence electrons. The summed E-state index contributed by atoms with van der Waals surface area (Å²) < 4.78 is 17.5. The molecule has 0 aliphatic carbocycles. The van der Waals surface area contributed by atoms with Crippen molar-refractivity contribution in [3.05, 3.63) is 51.1 Å². The van der Waals surface area contributed by atoms with Crippen molar-refractivity contribution < 1.29 is 28.6 Å². The van der Waals surface area contributed by atoms with Crippen molar-refractivity contribution in [3.63, 3.8) is 0 Å². The number of rotatable bonds is 10. The molecule has 3 amide bonds. The fourth-order valence-corrected chi connectivity index (χ4v) is 4.21. The number of anilines is 1. The van der Waals surface area contributed by atoms with E-state index in [2.05, 4.69) is 43.8 Å². The van der Waals surface area contributed by atoms with Gasteiger partial charge in [0.05, 0.1) is 22.5 Å². The number of hydrogen-bond donors (Lipinski definition) is 3. The first kappa shape index (κ1) is 27.4. The minimum absolute atomic E-state index is 0.0568. The molecular formula is C25H29IN4O6. The summed E-state index contributed by atoms with van der Waals surface area (Å²) in [5, 5.41) is 9.20. The molecule has 11 heteroatoms. The van der Waals surface area contributed by atoms with Crippen molar-refractivity contribution >= 4 is 52.2 Å². The van der Waals surface area contributed by atoms with E-state index in [0.717, 1.165) is 18.4 Å². The lowest BCUT2D eigenvalue weighted by Gasteiger charge is -2.14. The van der Waals surface area contributed by atoms with Crippen LogP contribution in [0.4, 0.5) is 5.69 Å². The molecule has 2 aromatic carbocycles. The molecule has 36 heavy (non-hydrogen) atoms. The Labute approximate surface area is 223 Å². The highest BCUT2D eigenvalue weighted by Gasteiger charge is 2.19. The van der Waals surface area contributed by atoms with Gasteiger partial charge >= 0.3 is 11.8 Å². The van der Waals surface area contributed by atoms with E-state index < -0.39 is 11.8 Å². The van der Waals surface area contributed by atoms with Gasteiger partial charge in [-0.3, -0.25) is 14.4 Å². The summed E-state index contributed by atoms with van der Waals surface area (Å²) in [5.74, 6) is -1.10. The summed E-state index contributed by atoms with van der Waals surface area (Å²) >= 11 is 2.07. The quantitative estimate of drug-likeness (QED) is 0.165. The van der Waals surface area contributed by atoms with Crippen LogP contribution >= 0.6 is 22.6 Å². The monoisotopic (exact) mass is 608 g/mol. The molecule has 0 bridgehead atoms. The lowest BCUT2D eigenvalue weighted by Crippen LogP contribution is -2.41. The maximum absolute atomic E-state index is 12.3. The van der Waals surface area contributed by atoms with Crippen molar-refractivity contribution in [3.8, 4) is 11.5 Å². The predicted octanol–water partition coefficient (Wildman–Crippen LogP) is 2.76. The second-order valence-corrected chi connectivity index (χ2v) is 9.18. The van der Waals surface area contributed by atoms with Crippen LogP contribution in [0, 0.1) is 10.5 Å². The summed E-state index contributed by atoms with van der Waals surface area (Å²) in [5.41, 5.74) is 4.55. The number of nitrogens with one attached hydrogen (secondary N) is 3. The van der Waals surface area contributed by atoms with Gasteiger partial charge in [0.15, 0.2) is 18.1 Å². The molecule has 1 aliphatic heterocycles. The molecular weight excluding hydrogens is 579 g/mol. The van der Waals surface area contributed by atoms with Crippen LogP contribution in [-0.4, -0.2) is 56.4 Å². The molecule has 3 N–H and O–H groups in total. The van der Waals surface area contributed by atoms with E-state index in [4.69, 9.17) is 14.2 Å². The van der Waals surface area contributed by atoms with E-state index in [1.54, 1.807) is 18.2 Å². The van der Waals surface area contributed by atoms with Crippen LogP contribution in [0.2, 0.25) is 0 Å². The highest BCUT2D eigenvalue weighted by molar-refractivity contribution is 14.1. The molecule has 1 aliphatic rings. The number of halogens is 1. The molecule has 10 nitrogen and oxygen atoms in total. The fourth-order valence-electron chi connectivity index (χ4n) is 3.43. The van der Waals surface area contributed by atoms with E-state index in [0.29, 0.717) is 39.5 Å². The van der Waals surface area contributed by atoms with Crippen molar-refractivity contribution in [2.75, 3.05) is 31.7 Å². The second-order valence-electron chi connectivity index (χ2n) is 8.01. The highest BCUT2D eigenvalue weighted by Crippen LogP contribution is 2.34. The minimum atomic E-state index is -0.872. The average Bonchev–Trinajstić information content (AvgIpc) is 3.36. The van der Waals surface area contributed by atoms with Gasteiger partial charge in [0.25, 0.3) is 5.91 Å². The molecule has 1 atom stereocenters. The number of carbonyl (C=O) groups is 3. The van der Waals surface area contributed by atoms with Gasteiger partial charge in [-0.1, -0.05) is 12.1 Å². The molecule has 0 spiro atoms. The zero-order valence-corrected chi connectivity index (χ0v) is 22.3. The van der Waals surface area contributed by atoms with E-state index in [9.17, 15) is 14.4 Å². The number of hydrazone groups is 1. The Balaban J connectivity index is 1.56. The van der Waals surface area contributed by atoms with Crippen LogP contribution in [0.25, 0.3) is 0 Å². The van der Waals surface area contributed by atoms with Gasteiger partial charge in [0.2, 0.25) is 0 Å². The van der Waals surface area contributed by atoms with Gasteiger partial charge in [-0.2, -0.15) is 5.10 Å². The SMILES string of the molecule is CCOc1cc(/C=N\NC(=O)C(=O)NC[C@H]2CCCO2)cc(I)c1OCC(=O)Nc1cccc(C)c1. The van der Waals surface area contributed by atoms with Crippen LogP contribution in [0.15, 0.2) is 41.5 Å². The number of nitrogens with zero attached hydrogens (tertiary/aromatic N) is 1. The van der Waals surface area contributed by atoms with Crippen molar-refractivity contribution in [2.24, 2.45) is 5.10 Å². The first-order valence-corrected chi connectivity index (χ1v) is 12.6. The van der Waals surface area contributed by atoms with E-state index in [-0.39, 0.29) is 25.2 Å². The van der Waals surface area contributed by atoms with Gasteiger partial charge in [-0.15, -0.1) is 0 Å². The van der Waals surface area contributed by atoms with E-state index in [1.807, 2.05) is 32.0 Å². The Bertz CT molecular complexity index is 1120. The van der Waals surface area contributed by atoms with Crippen molar-refractivity contribution in [2.45, 2.75) is 32.8 Å². The molecule has 0 unspecified atom stereocenters. The number of hydrogen-bond acceptors (Lipinski definition) is 7. The largest absolute Gasteiger partial charge is 0.490 e. The van der Waals surface area contributed by atoms with Gasteiger partial charge < -0.3 is 24.8 Å². The average molecular weight is 608 g/mol. The Kier molecular flexibility index (Phi) is 10.5. The molecule has 2 aromatic rings. The van der Waals surface area contributed by atoms with E-state index >= 15 is 0 Å². The Morgan fingerprint density at radius 1 is 1.19 bits per heavy atom. The van der Waals surface area contributed by atoms with Gasteiger partial charge in [0.1, 0.15) is 0 Å². The lowest BCUT2D eigenvalue weighted by atomic mass is 10.2. The van der Waals surface area contributed by atoms with E-state index in [1.165, 1.54) is 6.21 Å². The lowest BCUT2D eigenvalue weighted by molar-refractivity contribution is -0.139. The van der Waals surface area contributed by atoms with Gasteiger partial charge in [-0.05, 0) is 84.7 Å². The highest BCUT2D eigenvalue weighted by atomic mass is 127. The zero-order chi connectivity index (χ0) is 25.9. The zero-order valence-electron chi connectivity index (χ0n) is 20.1. The molecule has 1 saturated heterocycles. The molecule has 1 fully saturated rings. The van der Waals surface area contributed by atoms with Crippen LogP contribution in [-0.2, 0) is 19.1 Å². The molecule has 1 heterocycles. The molecule has 0 radical (unpaired) electrons. The fraction of sp³-hybridized carbons (Fsp3) is 0.360. The molecule has 0 aromatic heterocycles. The first-order valence-electron chi connectivity index (χ1n) is 11.5. The summed E-state index contributed by atoms with van der Waals surface area (Å²) in [7, 11) is 0. The Morgan fingerprint density at radius 2 is 2.03 bits per heavy atom. The topological polar surface area (TPSA) is 127 Å². The van der Waals surface area contributed by atoms with Crippen molar-refractivity contribution in [1.29, 1.82) is 0 Å². The third kappa shape index (κ3) is 8.48. The summed E-state index contributed by atoms with van der Waals surface area (Å²) in [6.07, 6.45) is 3.14.